The van der Waals surface area contributed by atoms with Gasteiger partial charge in [0.15, 0.2) is 5.78 Å². The monoisotopic (exact) mass is 445 g/mol. The number of rotatable bonds is 2. The molecule has 24 heavy (non-hydrogen) atoms. The first kappa shape index (κ1) is 17.3. The predicted molar refractivity (Wildman–Crippen MR) is 107 cm³/mol. The summed E-state index contributed by atoms with van der Waals surface area (Å²) in [4.78, 5) is 15.0. The van der Waals surface area contributed by atoms with E-state index in [1.54, 1.807) is 0 Å². The largest absolute Gasteiger partial charge is 0.298 e. The molecule has 0 radical (unpaired) electrons. The molecule has 0 bridgehead atoms. The minimum atomic E-state index is 0.132. The van der Waals surface area contributed by atoms with Gasteiger partial charge < -0.3 is 0 Å². The van der Waals surface area contributed by atoms with Crippen LogP contribution in [0.1, 0.15) is 11.1 Å². The number of nitrogens with zero attached hydrogens (tertiary/aromatic N) is 1. The third-order valence-electron chi connectivity index (χ3n) is 3.84. The van der Waals surface area contributed by atoms with Crippen LogP contribution in [0.3, 0.4) is 0 Å². The summed E-state index contributed by atoms with van der Waals surface area (Å²) in [7, 11) is 2.04. The van der Waals surface area contributed by atoms with E-state index in [9.17, 15) is 4.79 Å². The standard InChI is InChI=1S/C20H17Br2NO/c1-23-12-16(8-14-4-2-6-18(21)10-14)20(24)17(13-23)9-15-5-3-7-19(22)11-15/h2-11H,12-13H2,1H3. The minimum absolute atomic E-state index is 0.132. The molecule has 2 aromatic carbocycles. The van der Waals surface area contributed by atoms with E-state index in [1.807, 2.05) is 67.7 Å². The van der Waals surface area contributed by atoms with Gasteiger partial charge in [0.05, 0.1) is 0 Å². The number of halogens is 2. The van der Waals surface area contributed by atoms with E-state index in [0.29, 0.717) is 13.1 Å². The molecule has 1 heterocycles. The summed E-state index contributed by atoms with van der Waals surface area (Å²) in [5.74, 6) is 0.132. The van der Waals surface area contributed by atoms with Crippen molar-refractivity contribution in [1.82, 2.24) is 4.90 Å². The number of likely N-dealkylation sites (N-methyl/N-ethyl adjacent to an activating group) is 1. The van der Waals surface area contributed by atoms with Gasteiger partial charge in [-0.3, -0.25) is 9.69 Å². The Kier molecular flexibility index (Phi) is 5.49. The van der Waals surface area contributed by atoms with Gasteiger partial charge in [0, 0.05) is 33.2 Å². The van der Waals surface area contributed by atoms with Crippen molar-refractivity contribution in [2.75, 3.05) is 20.1 Å². The van der Waals surface area contributed by atoms with Crippen LogP contribution in [0.2, 0.25) is 0 Å². The second-order valence-electron chi connectivity index (χ2n) is 5.95. The third kappa shape index (κ3) is 4.32. The van der Waals surface area contributed by atoms with E-state index < -0.39 is 0 Å². The smallest absolute Gasteiger partial charge is 0.187 e. The fourth-order valence-electron chi connectivity index (χ4n) is 2.80. The first-order valence-corrected chi connectivity index (χ1v) is 9.25. The Hall–Kier alpha value is -1.49. The molecule has 0 unspecified atom stereocenters. The van der Waals surface area contributed by atoms with Crippen LogP contribution in [0, 0.1) is 0 Å². The van der Waals surface area contributed by atoms with E-state index in [2.05, 4.69) is 36.8 Å². The van der Waals surface area contributed by atoms with E-state index in [0.717, 1.165) is 31.2 Å². The number of likely N-dealkylation sites (tertiary alicyclic amines) is 1. The molecule has 122 valence electrons. The molecule has 4 heteroatoms. The highest BCUT2D eigenvalue weighted by Gasteiger charge is 2.23. The normalized spacial score (nSPS) is 19.2. The molecule has 1 aliphatic heterocycles. The van der Waals surface area contributed by atoms with Crippen molar-refractivity contribution in [3.05, 3.63) is 79.7 Å². The van der Waals surface area contributed by atoms with E-state index >= 15 is 0 Å². The number of carbonyl (C=O) groups excluding carboxylic acids is 1. The molecule has 3 rings (SSSR count). The van der Waals surface area contributed by atoms with Gasteiger partial charge in [0.25, 0.3) is 0 Å². The molecule has 0 atom stereocenters. The highest BCUT2D eigenvalue weighted by Crippen LogP contribution is 2.23. The van der Waals surface area contributed by atoms with Crippen LogP contribution in [-0.4, -0.2) is 30.8 Å². The number of carbonyl (C=O) groups is 1. The second-order valence-corrected chi connectivity index (χ2v) is 7.78. The van der Waals surface area contributed by atoms with Crippen molar-refractivity contribution in [3.8, 4) is 0 Å². The fraction of sp³-hybridized carbons (Fsp3) is 0.150. The van der Waals surface area contributed by atoms with Gasteiger partial charge in [0.1, 0.15) is 0 Å². The maximum absolute atomic E-state index is 12.9. The molecule has 2 nitrogen and oxygen atoms in total. The SMILES string of the molecule is CN1CC(=Cc2cccc(Br)c2)C(=O)C(=Cc2cccc(Br)c2)C1. The highest BCUT2D eigenvalue weighted by molar-refractivity contribution is 9.10. The Morgan fingerprint density at radius 2 is 1.33 bits per heavy atom. The summed E-state index contributed by atoms with van der Waals surface area (Å²) in [6, 6.07) is 16.0. The summed E-state index contributed by atoms with van der Waals surface area (Å²) in [6.45, 7) is 1.34. The van der Waals surface area contributed by atoms with Crippen molar-refractivity contribution >= 4 is 49.8 Å². The predicted octanol–water partition coefficient (Wildman–Crippen LogP) is 5.19. The van der Waals surface area contributed by atoms with Crippen molar-refractivity contribution in [2.45, 2.75) is 0 Å². The van der Waals surface area contributed by atoms with Gasteiger partial charge in [-0.25, -0.2) is 0 Å². The number of ketones is 1. The molecule has 0 amide bonds. The minimum Gasteiger partial charge on any atom is -0.298 e. The van der Waals surface area contributed by atoms with Crippen molar-refractivity contribution in [3.63, 3.8) is 0 Å². The Morgan fingerprint density at radius 1 is 0.875 bits per heavy atom. The Labute approximate surface area is 159 Å². The number of hydrogen-bond acceptors (Lipinski definition) is 2. The van der Waals surface area contributed by atoms with Gasteiger partial charge in [0.2, 0.25) is 0 Å². The molecule has 0 aliphatic carbocycles. The Bertz CT molecular complexity index is 772. The van der Waals surface area contributed by atoms with Crippen LogP contribution in [0.15, 0.2) is 68.6 Å². The number of piperidine rings is 1. The van der Waals surface area contributed by atoms with Gasteiger partial charge in [-0.15, -0.1) is 0 Å². The molecule has 1 saturated heterocycles. The first-order chi connectivity index (χ1) is 11.5. The molecule has 2 aromatic rings. The second kappa shape index (κ2) is 7.60. The summed E-state index contributed by atoms with van der Waals surface area (Å²) in [6.07, 6.45) is 3.97. The van der Waals surface area contributed by atoms with E-state index in [-0.39, 0.29) is 5.78 Å². The van der Waals surface area contributed by atoms with Crippen molar-refractivity contribution < 1.29 is 4.79 Å². The van der Waals surface area contributed by atoms with Crippen molar-refractivity contribution in [1.29, 1.82) is 0 Å². The lowest BCUT2D eigenvalue weighted by Crippen LogP contribution is -2.34. The van der Waals surface area contributed by atoms with E-state index in [4.69, 9.17) is 0 Å². The zero-order valence-corrected chi connectivity index (χ0v) is 16.5. The van der Waals surface area contributed by atoms with Crippen molar-refractivity contribution in [2.24, 2.45) is 0 Å². The third-order valence-corrected chi connectivity index (χ3v) is 4.83. The Morgan fingerprint density at radius 3 is 1.75 bits per heavy atom. The number of Topliss-reactive ketones (excluding diaryl/α,β-unsaturated/α-hetero) is 1. The average molecular weight is 447 g/mol. The fourth-order valence-corrected chi connectivity index (χ4v) is 3.64. The molecular formula is C20H17Br2NO. The number of hydrogen-bond donors (Lipinski definition) is 0. The zero-order valence-electron chi connectivity index (χ0n) is 13.3. The lowest BCUT2D eigenvalue weighted by Gasteiger charge is -2.26. The summed E-state index contributed by atoms with van der Waals surface area (Å²) in [5, 5.41) is 0. The summed E-state index contributed by atoms with van der Waals surface area (Å²) < 4.78 is 2.02. The molecule has 0 saturated carbocycles. The molecule has 0 spiro atoms. The summed E-state index contributed by atoms with van der Waals surface area (Å²) >= 11 is 6.95. The van der Waals surface area contributed by atoms with Gasteiger partial charge in [-0.05, 0) is 54.6 Å². The molecular weight excluding hydrogens is 430 g/mol. The first-order valence-electron chi connectivity index (χ1n) is 7.67. The quantitative estimate of drug-likeness (QED) is 0.591. The van der Waals surface area contributed by atoms with Crippen LogP contribution in [-0.2, 0) is 4.79 Å². The molecule has 1 fully saturated rings. The van der Waals surface area contributed by atoms with Crippen LogP contribution in [0.25, 0.3) is 12.2 Å². The number of benzene rings is 2. The lowest BCUT2D eigenvalue weighted by molar-refractivity contribution is -0.113. The summed E-state index contributed by atoms with van der Waals surface area (Å²) in [5.41, 5.74) is 3.71. The maximum atomic E-state index is 12.9. The van der Waals surface area contributed by atoms with Gasteiger partial charge in [-0.1, -0.05) is 56.1 Å². The topological polar surface area (TPSA) is 20.3 Å². The Balaban J connectivity index is 1.94. The van der Waals surface area contributed by atoms with E-state index in [1.165, 1.54) is 0 Å². The van der Waals surface area contributed by atoms with Crippen LogP contribution in [0.5, 0.6) is 0 Å². The van der Waals surface area contributed by atoms with Crippen LogP contribution in [0.4, 0.5) is 0 Å². The lowest BCUT2D eigenvalue weighted by atomic mass is 9.94. The highest BCUT2D eigenvalue weighted by atomic mass is 79.9. The molecule has 0 N–H and O–H groups in total. The van der Waals surface area contributed by atoms with Gasteiger partial charge >= 0.3 is 0 Å². The maximum Gasteiger partial charge on any atom is 0.187 e. The zero-order chi connectivity index (χ0) is 17.1. The van der Waals surface area contributed by atoms with Gasteiger partial charge in [-0.2, -0.15) is 0 Å². The molecule has 0 aromatic heterocycles. The molecule has 1 aliphatic rings. The average Bonchev–Trinajstić information content (AvgIpc) is 2.52. The van der Waals surface area contributed by atoms with Crippen LogP contribution >= 0.6 is 31.9 Å². The van der Waals surface area contributed by atoms with Crippen LogP contribution < -0.4 is 0 Å².